The summed E-state index contributed by atoms with van der Waals surface area (Å²) in [6.07, 6.45) is 2.90. The molecule has 1 saturated carbocycles. The standard InChI is InChI=1S/C24H26N2O2/c1-15-7-12-19(16(2)13-15)23-14-21(20-5-3-4-6-22(20)26-23)24(28)25-17-8-10-18(27)11-9-17/h3-7,12-14,17-18,27H,8-11H2,1-2H3,(H,25,28). The molecule has 4 heteroatoms. The van der Waals surface area contributed by atoms with Gasteiger partial charge in [0, 0.05) is 17.0 Å². The Bertz CT molecular complexity index is 1020. The van der Waals surface area contributed by atoms with Crippen LogP contribution in [-0.4, -0.2) is 28.1 Å². The molecule has 1 aliphatic carbocycles. The first-order valence-electron chi connectivity index (χ1n) is 9.97. The third-order valence-corrected chi connectivity index (χ3v) is 5.65. The number of para-hydroxylation sites is 1. The zero-order valence-corrected chi connectivity index (χ0v) is 16.4. The summed E-state index contributed by atoms with van der Waals surface area (Å²) in [7, 11) is 0. The van der Waals surface area contributed by atoms with Crippen LogP contribution in [-0.2, 0) is 0 Å². The molecule has 1 aliphatic rings. The Morgan fingerprint density at radius 2 is 1.79 bits per heavy atom. The Hall–Kier alpha value is -2.72. The van der Waals surface area contributed by atoms with Crippen LogP contribution in [0.25, 0.3) is 22.2 Å². The second-order valence-corrected chi connectivity index (χ2v) is 7.87. The van der Waals surface area contributed by atoms with Crippen LogP contribution in [0.5, 0.6) is 0 Å². The summed E-state index contributed by atoms with van der Waals surface area (Å²) >= 11 is 0. The van der Waals surface area contributed by atoms with E-state index in [0.717, 1.165) is 53.4 Å². The van der Waals surface area contributed by atoms with Gasteiger partial charge in [-0.25, -0.2) is 4.98 Å². The maximum atomic E-state index is 13.1. The number of carbonyl (C=O) groups excluding carboxylic acids is 1. The highest BCUT2D eigenvalue weighted by Gasteiger charge is 2.22. The van der Waals surface area contributed by atoms with Gasteiger partial charge in [-0.3, -0.25) is 4.79 Å². The molecule has 0 saturated heterocycles. The first-order valence-corrected chi connectivity index (χ1v) is 9.97. The highest BCUT2D eigenvalue weighted by atomic mass is 16.3. The number of pyridine rings is 1. The molecule has 3 aromatic rings. The second-order valence-electron chi connectivity index (χ2n) is 7.87. The smallest absolute Gasteiger partial charge is 0.252 e. The van der Waals surface area contributed by atoms with Gasteiger partial charge in [-0.05, 0) is 57.2 Å². The Labute approximate surface area is 165 Å². The third kappa shape index (κ3) is 3.78. The number of hydrogen-bond acceptors (Lipinski definition) is 3. The van der Waals surface area contributed by atoms with E-state index in [4.69, 9.17) is 4.98 Å². The minimum absolute atomic E-state index is 0.0639. The minimum atomic E-state index is -0.231. The van der Waals surface area contributed by atoms with Crippen LogP contribution in [0.4, 0.5) is 0 Å². The maximum absolute atomic E-state index is 13.1. The van der Waals surface area contributed by atoms with Crippen molar-refractivity contribution in [2.75, 3.05) is 0 Å². The van der Waals surface area contributed by atoms with E-state index in [1.165, 1.54) is 5.56 Å². The van der Waals surface area contributed by atoms with Crippen molar-refractivity contribution in [2.24, 2.45) is 0 Å². The molecule has 28 heavy (non-hydrogen) atoms. The second kappa shape index (κ2) is 7.72. The Morgan fingerprint density at radius 1 is 1.04 bits per heavy atom. The fourth-order valence-corrected chi connectivity index (χ4v) is 4.09. The van der Waals surface area contributed by atoms with E-state index in [1.54, 1.807) is 0 Å². The third-order valence-electron chi connectivity index (χ3n) is 5.65. The summed E-state index contributed by atoms with van der Waals surface area (Å²) < 4.78 is 0. The zero-order valence-electron chi connectivity index (χ0n) is 16.4. The van der Waals surface area contributed by atoms with Gasteiger partial charge in [-0.1, -0.05) is 42.0 Å². The number of aliphatic hydroxyl groups is 1. The van der Waals surface area contributed by atoms with E-state index >= 15 is 0 Å². The molecule has 2 aromatic carbocycles. The highest BCUT2D eigenvalue weighted by Crippen LogP contribution is 2.28. The van der Waals surface area contributed by atoms with Crippen LogP contribution in [0.2, 0.25) is 0 Å². The Balaban J connectivity index is 1.73. The van der Waals surface area contributed by atoms with Gasteiger partial charge < -0.3 is 10.4 Å². The first kappa shape index (κ1) is 18.6. The van der Waals surface area contributed by atoms with E-state index in [9.17, 15) is 9.90 Å². The molecule has 4 rings (SSSR count). The molecule has 0 unspecified atom stereocenters. The number of aromatic nitrogens is 1. The van der Waals surface area contributed by atoms with Crippen LogP contribution < -0.4 is 5.32 Å². The monoisotopic (exact) mass is 374 g/mol. The van der Waals surface area contributed by atoms with Gasteiger partial charge in [0.05, 0.1) is 22.9 Å². The van der Waals surface area contributed by atoms with Crippen LogP contribution in [0, 0.1) is 13.8 Å². The number of carbonyl (C=O) groups is 1. The molecule has 0 radical (unpaired) electrons. The predicted octanol–water partition coefficient (Wildman–Crippen LogP) is 4.55. The van der Waals surface area contributed by atoms with Crippen molar-refractivity contribution in [2.45, 2.75) is 51.7 Å². The molecule has 1 aromatic heterocycles. The Morgan fingerprint density at radius 3 is 2.54 bits per heavy atom. The lowest BCUT2D eigenvalue weighted by Gasteiger charge is -2.26. The molecule has 0 aliphatic heterocycles. The average Bonchev–Trinajstić information content (AvgIpc) is 2.69. The van der Waals surface area contributed by atoms with Gasteiger partial charge in [0.1, 0.15) is 0 Å². The largest absolute Gasteiger partial charge is 0.393 e. The number of rotatable bonds is 3. The number of aryl methyl sites for hydroxylation is 2. The Kier molecular flexibility index (Phi) is 5.14. The lowest BCUT2D eigenvalue weighted by atomic mass is 9.92. The lowest BCUT2D eigenvalue weighted by Crippen LogP contribution is -2.38. The number of nitrogens with zero attached hydrogens (tertiary/aromatic N) is 1. The number of nitrogens with one attached hydrogen (secondary N) is 1. The number of fused-ring (bicyclic) bond motifs is 1. The molecule has 144 valence electrons. The van der Waals surface area contributed by atoms with Gasteiger partial charge in [0.15, 0.2) is 0 Å². The summed E-state index contributed by atoms with van der Waals surface area (Å²) in [4.78, 5) is 18.0. The quantitative estimate of drug-likeness (QED) is 0.707. The van der Waals surface area contributed by atoms with Crippen molar-refractivity contribution in [1.29, 1.82) is 0 Å². The fraction of sp³-hybridized carbons (Fsp3) is 0.333. The normalized spacial score (nSPS) is 19.5. The van der Waals surface area contributed by atoms with Gasteiger partial charge in [-0.15, -0.1) is 0 Å². The van der Waals surface area contributed by atoms with Crippen molar-refractivity contribution in [3.63, 3.8) is 0 Å². The van der Waals surface area contributed by atoms with Crippen molar-refractivity contribution < 1.29 is 9.90 Å². The highest BCUT2D eigenvalue weighted by molar-refractivity contribution is 6.07. The summed E-state index contributed by atoms with van der Waals surface area (Å²) in [6, 6.07) is 16.1. The molecule has 0 atom stereocenters. The predicted molar refractivity (Wildman–Crippen MR) is 112 cm³/mol. The molecule has 2 N–H and O–H groups in total. The molecular formula is C24H26N2O2. The van der Waals surface area contributed by atoms with Crippen molar-refractivity contribution in [3.05, 3.63) is 65.2 Å². The van der Waals surface area contributed by atoms with Crippen molar-refractivity contribution >= 4 is 16.8 Å². The number of amides is 1. The van der Waals surface area contributed by atoms with E-state index in [2.05, 4.69) is 37.4 Å². The molecule has 0 bridgehead atoms. The topological polar surface area (TPSA) is 62.2 Å². The van der Waals surface area contributed by atoms with Gasteiger partial charge in [0.2, 0.25) is 0 Å². The summed E-state index contributed by atoms with van der Waals surface area (Å²) in [5, 5.41) is 13.7. The summed E-state index contributed by atoms with van der Waals surface area (Å²) in [5.41, 5.74) is 5.71. The summed E-state index contributed by atoms with van der Waals surface area (Å²) in [6.45, 7) is 4.15. The van der Waals surface area contributed by atoms with E-state index < -0.39 is 0 Å². The minimum Gasteiger partial charge on any atom is -0.393 e. The van der Waals surface area contributed by atoms with Crippen LogP contribution in [0.15, 0.2) is 48.5 Å². The van der Waals surface area contributed by atoms with Gasteiger partial charge in [0.25, 0.3) is 5.91 Å². The molecular weight excluding hydrogens is 348 g/mol. The number of aliphatic hydroxyl groups excluding tert-OH is 1. The lowest BCUT2D eigenvalue weighted by molar-refractivity contribution is 0.0869. The summed E-state index contributed by atoms with van der Waals surface area (Å²) in [5.74, 6) is -0.0639. The maximum Gasteiger partial charge on any atom is 0.252 e. The fourth-order valence-electron chi connectivity index (χ4n) is 4.09. The molecule has 4 nitrogen and oxygen atoms in total. The molecule has 1 heterocycles. The molecule has 1 amide bonds. The van der Waals surface area contributed by atoms with Crippen LogP contribution >= 0.6 is 0 Å². The van der Waals surface area contributed by atoms with E-state index in [-0.39, 0.29) is 18.1 Å². The van der Waals surface area contributed by atoms with E-state index in [1.807, 2.05) is 30.3 Å². The number of hydrogen-bond donors (Lipinski definition) is 2. The first-order chi connectivity index (χ1) is 13.5. The zero-order chi connectivity index (χ0) is 19.7. The van der Waals surface area contributed by atoms with Gasteiger partial charge >= 0.3 is 0 Å². The molecule has 0 spiro atoms. The van der Waals surface area contributed by atoms with E-state index in [0.29, 0.717) is 5.56 Å². The van der Waals surface area contributed by atoms with Crippen LogP contribution in [0.3, 0.4) is 0 Å². The average molecular weight is 374 g/mol. The van der Waals surface area contributed by atoms with Crippen molar-refractivity contribution in [1.82, 2.24) is 10.3 Å². The SMILES string of the molecule is Cc1ccc(-c2cc(C(=O)NC3CCC(O)CC3)c3ccccc3n2)c(C)c1. The van der Waals surface area contributed by atoms with Gasteiger partial charge in [-0.2, -0.15) is 0 Å². The van der Waals surface area contributed by atoms with Crippen LogP contribution in [0.1, 0.15) is 47.2 Å². The molecule has 1 fully saturated rings. The van der Waals surface area contributed by atoms with Crippen molar-refractivity contribution in [3.8, 4) is 11.3 Å². The number of benzene rings is 2.